The Bertz CT molecular complexity index is 532. The highest BCUT2D eigenvalue weighted by Crippen LogP contribution is 2.22. The minimum Gasteiger partial charge on any atom is -0.493 e. The van der Waals surface area contributed by atoms with Crippen molar-refractivity contribution in [1.82, 2.24) is 5.32 Å². The third-order valence-electron chi connectivity index (χ3n) is 4.94. The lowest BCUT2D eigenvalue weighted by atomic mass is 9.92. The summed E-state index contributed by atoms with van der Waals surface area (Å²) in [5, 5.41) is 6.40. The molecule has 2 aliphatic rings. The summed E-state index contributed by atoms with van der Waals surface area (Å²) in [7, 11) is 0. The van der Waals surface area contributed by atoms with Crippen molar-refractivity contribution in [2.45, 2.75) is 38.6 Å². The Morgan fingerprint density at radius 2 is 1.96 bits per heavy atom. The van der Waals surface area contributed by atoms with Gasteiger partial charge in [-0.25, -0.2) is 0 Å². The molecular weight excluding hydrogens is 340 g/mol. The zero-order chi connectivity index (χ0) is 16.8. The first-order valence-corrected chi connectivity index (χ1v) is 9.05. The fourth-order valence-corrected chi connectivity index (χ4v) is 3.38. The lowest BCUT2D eigenvalue weighted by molar-refractivity contribution is -0.120. The SMILES string of the molecule is C[C@H]1C[C@@H](C(=O)Nc2ccc(OCC3CCOCC3)cc2)CCN1.Cl. The molecule has 0 spiro atoms. The van der Waals surface area contributed by atoms with Crippen molar-refractivity contribution >= 4 is 24.0 Å². The first-order chi connectivity index (χ1) is 11.7. The summed E-state index contributed by atoms with van der Waals surface area (Å²) in [5.41, 5.74) is 0.838. The number of hydrogen-bond donors (Lipinski definition) is 2. The maximum atomic E-state index is 12.3. The molecule has 0 radical (unpaired) electrons. The maximum absolute atomic E-state index is 12.3. The van der Waals surface area contributed by atoms with E-state index in [0.717, 1.165) is 63.5 Å². The van der Waals surface area contributed by atoms with E-state index in [9.17, 15) is 4.79 Å². The van der Waals surface area contributed by atoms with Crippen molar-refractivity contribution in [3.05, 3.63) is 24.3 Å². The predicted molar refractivity (Wildman–Crippen MR) is 102 cm³/mol. The summed E-state index contributed by atoms with van der Waals surface area (Å²) in [6, 6.07) is 8.11. The highest BCUT2D eigenvalue weighted by Gasteiger charge is 2.24. The molecule has 140 valence electrons. The minimum absolute atomic E-state index is 0. The van der Waals surface area contributed by atoms with E-state index in [2.05, 4.69) is 17.6 Å². The van der Waals surface area contributed by atoms with E-state index in [1.54, 1.807) is 0 Å². The van der Waals surface area contributed by atoms with Crippen LogP contribution >= 0.6 is 12.4 Å². The molecular formula is C19H29ClN2O3. The molecule has 1 aromatic rings. The molecule has 0 bridgehead atoms. The number of benzene rings is 1. The normalized spacial score (nSPS) is 24.2. The second-order valence-electron chi connectivity index (χ2n) is 6.96. The quantitative estimate of drug-likeness (QED) is 0.837. The summed E-state index contributed by atoms with van der Waals surface area (Å²) >= 11 is 0. The Hall–Kier alpha value is -1.30. The smallest absolute Gasteiger partial charge is 0.227 e. The van der Waals surface area contributed by atoms with Gasteiger partial charge in [-0.1, -0.05) is 0 Å². The highest BCUT2D eigenvalue weighted by molar-refractivity contribution is 5.92. The maximum Gasteiger partial charge on any atom is 0.227 e. The zero-order valence-electron chi connectivity index (χ0n) is 14.8. The fourth-order valence-electron chi connectivity index (χ4n) is 3.38. The lowest BCUT2D eigenvalue weighted by Crippen LogP contribution is -2.40. The lowest BCUT2D eigenvalue weighted by Gasteiger charge is -2.27. The van der Waals surface area contributed by atoms with Crippen LogP contribution in [0.2, 0.25) is 0 Å². The number of halogens is 1. The monoisotopic (exact) mass is 368 g/mol. The van der Waals surface area contributed by atoms with Gasteiger partial charge >= 0.3 is 0 Å². The van der Waals surface area contributed by atoms with E-state index < -0.39 is 0 Å². The number of amides is 1. The third-order valence-corrected chi connectivity index (χ3v) is 4.94. The van der Waals surface area contributed by atoms with Crippen LogP contribution < -0.4 is 15.4 Å². The number of carbonyl (C=O) groups is 1. The average Bonchev–Trinajstić information content (AvgIpc) is 2.62. The molecule has 3 rings (SSSR count). The average molecular weight is 369 g/mol. The van der Waals surface area contributed by atoms with Gasteiger partial charge in [0.05, 0.1) is 6.61 Å². The second-order valence-corrected chi connectivity index (χ2v) is 6.96. The summed E-state index contributed by atoms with van der Waals surface area (Å²) in [5.74, 6) is 1.67. The molecule has 2 aliphatic heterocycles. The van der Waals surface area contributed by atoms with Gasteiger partial charge < -0.3 is 20.1 Å². The third kappa shape index (κ3) is 6.17. The second kappa shape index (κ2) is 10.00. The number of piperidine rings is 1. The van der Waals surface area contributed by atoms with E-state index in [-0.39, 0.29) is 24.2 Å². The minimum atomic E-state index is 0. The predicted octanol–water partition coefficient (Wildman–Crippen LogP) is 3.24. The van der Waals surface area contributed by atoms with Crippen molar-refractivity contribution in [2.75, 3.05) is 31.7 Å². The van der Waals surface area contributed by atoms with Crippen molar-refractivity contribution in [2.24, 2.45) is 11.8 Å². The van der Waals surface area contributed by atoms with Gasteiger partial charge in [0.2, 0.25) is 5.91 Å². The zero-order valence-corrected chi connectivity index (χ0v) is 15.6. The van der Waals surface area contributed by atoms with Crippen LogP contribution in [0, 0.1) is 11.8 Å². The van der Waals surface area contributed by atoms with E-state index >= 15 is 0 Å². The van der Waals surface area contributed by atoms with E-state index in [0.29, 0.717) is 12.0 Å². The summed E-state index contributed by atoms with van der Waals surface area (Å²) < 4.78 is 11.2. The Labute approximate surface area is 156 Å². The highest BCUT2D eigenvalue weighted by atomic mass is 35.5. The molecule has 0 saturated carbocycles. The van der Waals surface area contributed by atoms with Gasteiger partial charge in [-0.2, -0.15) is 0 Å². The number of anilines is 1. The van der Waals surface area contributed by atoms with Gasteiger partial charge in [0.1, 0.15) is 5.75 Å². The van der Waals surface area contributed by atoms with Crippen LogP contribution in [-0.4, -0.2) is 38.3 Å². The molecule has 6 heteroatoms. The van der Waals surface area contributed by atoms with Crippen LogP contribution in [0.1, 0.15) is 32.6 Å². The van der Waals surface area contributed by atoms with E-state index in [4.69, 9.17) is 9.47 Å². The number of rotatable bonds is 5. The molecule has 0 aliphatic carbocycles. The van der Waals surface area contributed by atoms with E-state index in [1.807, 2.05) is 24.3 Å². The molecule has 2 N–H and O–H groups in total. The first kappa shape index (κ1) is 20.0. The van der Waals surface area contributed by atoms with Crippen LogP contribution in [0.15, 0.2) is 24.3 Å². The van der Waals surface area contributed by atoms with Gasteiger partial charge in [-0.05, 0) is 69.3 Å². The Balaban J connectivity index is 0.00000225. The van der Waals surface area contributed by atoms with Crippen LogP contribution in [0.4, 0.5) is 5.69 Å². The van der Waals surface area contributed by atoms with Crippen LogP contribution in [0.25, 0.3) is 0 Å². The molecule has 2 fully saturated rings. The van der Waals surface area contributed by atoms with Crippen molar-refractivity contribution < 1.29 is 14.3 Å². The number of nitrogens with one attached hydrogen (secondary N) is 2. The Morgan fingerprint density at radius 3 is 2.64 bits per heavy atom. The van der Waals surface area contributed by atoms with Gasteiger partial charge in [0.25, 0.3) is 0 Å². The standard InChI is InChI=1S/C19H28N2O3.ClH/c1-14-12-16(6-9-20-14)19(22)21-17-2-4-18(5-3-17)24-13-15-7-10-23-11-8-15;/h2-5,14-16,20H,6-13H2,1H3,(H,21,22);1H/t14-,16-;/m0./s1. The molecule has 2 atom stereocenters. The summed E-state index contributed by atoms with van der Waals surface area (Å²) in [6.07, 6.45) is 3.95. The first-order valence-electron chi connectivity index (χ1n) is 9.05. The van der Waals surface area contributed by atoms with Crippen LogP contribution in [-0.2, 0) is 9.53 Å². The molecule has 0 aromatic heterocycles. The van der Waals surface area contributed by atoms with E-state index in [1.165, 1.54) is 0 Å². The Kier molecular flexibility index (Phi) is 8.00. The molecule has 1 aromatic carbocycles. The molecule has 5 nitrogen and oxygen atoms in total. The largest absolute Gasteiger partial charge is 0.493 e. The van der Waals surface area contributed by atoms with Crippen molar-refractivity contribution in [3.8, 4) is 5.75 Å². The van der Waals surface area contributed by atoms with Gasteiger partial charge in [0.15, 0.2) is 0 Å². The number of ether oxygens (including phenoxy) is 2. The van der Waals surface area contributed by atoms with Crippen LogP contribution in [0.5, 0.6) is 5.75 Å². The van der Waals surface area contributed by atoms with Gasteiger partial charge in [-0.3, -0.25) is 4.79 Å². The summed E-state index contributed by atoms with van der Waals surface area (Å²) in [4.78, 5) is 12.3. The van der Waals surface area contributed by atoms with Crippen molar-refractivity contribution in [3.63, 3.8) is 0 Å². The molecule has 25 heavy (non-hydrogen) atoms. The van der Waals surface area contributed by atoms with Crippen molar-refractivity contribution in [1.29, 1.82) is 0 Å². The van der Waals surface area contributed by atoms with Crippen LogP contribution in [0.3, 0.4) is 0 Å². The van der Waals surface area contributed by atoms with Gasteiger partial charge in [0, 0.05) is 30.9 Å². The van der Waals surface area contributed by atoms with Gasteiger partial charge in [-0.15, -0.1) is 12.4 Å². The molecule has 2 saturated heterocycles. The Morgan fingerprint density at radius 1 is 1.24 bits per heavy atom. The number of hydrogen-bond acceptors (Lipinski definition) is 4. The topological polar surface area (TPSA) is 59.6 Å². The summed E-state index contributed by atoms with van der Waals surface area (Å²) in [6.45, 7) is 5.47. The number of carbonyl (C=O) groups excluding carboxylic acids is 1. The molecule has 1 amide bonds. The molecule has 0 unspecified atom stereocenters. The molecule has 2 heterocycles. The fraction of sp³-hybridized carbons (Fsp3) is 0.632.